The van der Waals surface area contributed by atoms with E-state index in [0.29, 0.717) is 0 Å². The number of benzene rings is 3. The molecule has 0 saturated heterocycles. The summed E-state index contributed by atoms with van der Waals surface area (Å²) < 4.78 is 32.6. The molecule has 5 heteroatoms. The van der Waals surface area contributed by atoms with Crippen molar-refractivity contribution >= 4 is 5.97 Å². The normalized spacial score (nSPS) is 10.7. The smallest absolute Gasteiger partial charge is 0.343 e. The number of rotatable bonds is 13. The van der Waals surface area contributed by atoms with E-state index in [0.717, 1.165) is 29.7 Å². The van der Waals surface area contributed by atoms with Crippen molar-refractivity contribution in [2.24, 2.45) is 0 Å². The first-order chi connectivity index (χ1) is 17.5. The highest BCUT2D eigenvalue weighted by Crippen LogP contribution is 2.24. The van der Waals surface area contributed by atoms with Crippen LogP contribution in [0.3, 0.4) is 0 Å². The minimum Gasteiger partial charge on any atom is -0.423 e. The third kappa shape index (κ3) is 8.02. The number of aryl methyl sites for hydroxylation is 1. The van der Waals surface area contributed by atoms with Gasteiger partial charge in [-0.25, -0.2) is 13.6 Å². The topological polar surface area (TPSA) is 50.1 Å². The van der Waals surface area contributed by atoms with E-state index in [9.17, 15) is 13.6 Å². The van der Waals surface area contributed by atoms with E-state index in [1.807, 2.05) is 12.1 Å². The maximum absolute atomic E-state index is 13.7. The van der Waals surface area contributed by atoms with Gasteiger partial charge in [-0.2, -0.15) is 5.26 Å². The summed E-state index contributed by atoms with van der Waals surface area (Å²) in [6, 6.07) is 18.4. The van der Waals surface area contributed by atoms with Crippen LogP contribution >= 0.6 is 0 Å². The Bertz CT molecular complexity index is 1140. The highest BCUT2D eigenvalue weighted by atomic mass is 19.1. The second-order valence-electron chi connectivity index (χ2n) is 9.12. The predicted molar refractivity (Wildman–Crippen MR) is 139 cm³/mol. The Hall–Kier alpha value is -3.52. The Labute approximate surface area is 212 Å². The van der Waals surface area contributed by atoms with Gasteiger partial charge in [0.2, 0.25) is 0 Å². The lowest BCUT2D eigenvalue weighted by atomic mass is 10.00. The zero-order valence-corrected chi connectivity index (χ0v) is 20.9. The first-order valence-electron chi connectivity index (χ1n) is 12.8. The molecule has 188 valence electrons. The number of carbonyl (C=O) groups is 1. The Morgan fingerprint density at radius 1 is 0.778 bits per heavy atom. The maximum atomic E-state index is 13.7. The molecule has 0 aliphatic carbocycles. The van der Waals surface area contributed by atoms with Gasteiger partial charge >= 0.3 is 5.97 Å². The highest BCUT2D eigenvalue weighted by Gasteiger charge is 2.15. The number of nitrogens with zero attached hydrogens (tertiary/aromatic N) is 1. The molecule has 3 nitrogen and oxygen atoms in total. The van der Waals surface area contributed by atoms with Crippen molar-refractivity contribution in [1.29, 1.82) is 5.26 Å². The fraction of sp³-hybridized carbons (Fsp3) is 0.355. The molecule has 36 heavy (non-hydrogen) atoms. The molecule has 0 fully saturated rings. The van der Waals surface area contributed by atoms with Crippen molar-refractivity contribution in [2.75, 3.05) is 0 Å². The summed E-state index contributed by atoms with van der Waals surface area (Å²) in [4.78, 5) is 12.4. The van der Waals surface area contributed by atoms with Crippen LogP contribution in [0.2, 0.25) is 0 Å². The molecule has 0 aromatic heterocycles. The van der Waals surface area contributed by atoms with Gasteiger partial charge in [-0.1, -0.05) is 94.7 Å². The van der Waals surface area contributed by atoms with E-state index in [1.54, 1.807) is 12.1 Å². The standard InChI is InChI=1S/C31H33F2NO2/c1-2-3-4-5-6-7-8-9-10-11-23-12-14-24(15-13-23)25-16-18-26(19-17-25)31(35)36-27-20-29(32)28(22-34)30(33)21-27/h12-21H,2-11H2,1H3. The molecule has 0 spiro atoms. The molecule has 3 rings (SSSR count). The van der Waals surface area contributed by atoms with Gasteiger partial charge in [0.1, 0.15) is 29.0 Å². The fourth-order valence-electron chi connectivity index (χ4n) is 4.18. The molecule has 0 aliphatic heterocycles. The van der Waals surface area contributed by atoms with Crippen molar-refractivity contribution in [2.45, 2.75) is 71.1 Å². The Balaban J connectivity index is 1.47. The van der Waals surface area contributed by atoms with Crippen molar-refractivity contribution in [3.63, 3.8) is 0 Å². The molecule has 0 N–H and O–H groups in total. The van der Waals surface area contributed by atoms with Crippen molar-refractivity contribution in [3.05, 3.63) is 89.0 Å². The van der Waals surface area contributed by atoms with Gasteiger partial charge in [-0.3, -0.25) is 0 Å². The lowest BCUT2D eigenvalue weighted by Gasteiger charge is -2.08. The van der Waals surface area contributed by atoms with Crippen molar-refractivity contribution < 1.29 is 18.3 Å². The zero-order chi connectivity index (χ0) is 25.8. The average Bonchev–Trinajstić information content (AvgIpc) is 2.88. The molecule has 3 aromatic rings. The molecule has 0 aliphatic rings. The Morgan fingerprint density at radius 2 is 1.28 bits per heavy atom. The molecule has 0 unspecified atom stereocenters. The number of unbranched alkanes of at least 4 members (excludes halogenated alkanes) is 8. The zero-order valence-electron chi connectivity index (χ0n) is 20.9. The largest absolute Gasteiger partial charge is 0.423 e. The van der Waals surface area contributed by atoms with Crippen LogP contribution in [0.15, 0.2) is 60.7 Å². The van der Waals surface area contributed by atoms with E-state index < -0.39 is 23.2 Å². The van der Waals surface area contributed by atoms with Gasteiger partial charge in [0.15, 0.2) is 0 Å². The van der Waals surface area contributed by atoms with Crippen molar-refractivity contribution in [1.82, 2.24) is 0 Å². The lowest BCUT2D eigenvalue weighted by molar-refractivity contribution is 0.0734. The second kappa shape index (κ2) is 14.1. The molecule has 0 saturated carbocycles. The quantitative estimate of drug-likeness (QED) is 0.137. The van der Waals surface area contributed by atoms with Gasteiger partial charge in [0, 0.05) is 12.1 Å². The number of ether oxygens (including phenoxy) is 1. The first-order valence-corrected chi connectivity index (χ1v) is 12.8. The predicted octanol–water partition coefficient (Wildman–Crippen LogP) is 8.80. The molecule has 0 heterocycles. The van der Waals surface area contributed by atoms with Crippen LogP contribution in [0.25, 0.3) is 11.1 Å². The fourth-order valence-corrected chi connectivity index (χ4v) is 4.18. The van der Waals surface area contributed by atoms with Crippen LogP contribution < -0.4 is 4.74 Å². The van der Waals surface area contributed by atoms with Gasteiger partial charge in [0.05, 0.1) is 5.56 Å². The number of esters is 1. The monoisotopic (exact) mass is 489 g/mol. The van der Waals surface area contributed by atoms with Crippen LogP contribution in [0.1, 0.15) is 86.2 Å². The van der Waals surface area contributed by atoms with E-state index >= 15 is 0 Å². The van der Waals surface area contributed by atoms with Gasteiger partial charge < -0.3 is 4.74 Å². The summed E-state index contributed by atoms with van der Waals surface area (Å²) in [5, 5.41) is 8.74. The third-order valence-corrected chi connectivity index (χ3v) is 6.31. The van der Waals surface area contributed by atoms with E-state index in [-0.39, 0.29) is 11.3 Å². The number of halogens is 2. The van der Waals surface area contributed by atoms with Crippen LogP contribution in [0.4, 0.5) is 8.78 Å². The summed E-state index contributed by atoms with van der Waals surface area (Å²) >= 11 is 0. The van der Waals surface area contributed by atoms with E-state index in [4.69, 9.17) is 10.00 Å². The Morgan fingerprint density at radius 3 is 1.81 bits per heavy atom. The Kier molecular flexibility index (Phi) is 10.6. The molecule has 3 aromatic carbocycles. The number of hydrogen-bond donors (Lipinski definition) is 0. The van der Waals surface area contributed by atoms with E-state index in [2.05, 4.69) is 31.2 Å². The molecular formula is C31H33F2NO2. The van der Waals surface area contributed by atoms with Gasteiger partial charge in [0.25, 0.3) is 0 Å². The molecule has 0 radical (unpaired) electrons. The van der Waals surface area contributed by atoms with Gasteiger partial charge in [-0.05, 0) is 41.7 Å². The second-order valence-corrected chi connectivity index (χ2v) is 9.12. The highest BCUT2D eigenvalue weighted by molar-refractivity contribution is 5.91. The molecule has 0 bridgehead atoms. The summed E-state index contributed by atoms with van der Waals surface area (Å²) in [5.74, 6) is -3.17. The first kappa shape index (κ1) is 27.1. The average molecular weight is 490 g/mol. The summed E-state index contributed by atoms with van der Waals surface area (Å²) in [7, 11) is 0. The number of hydrogen-bond acceptors (Lipinski definition) is 3. The summed E-state index contributed by atoms with van der Waals surface area (Å²) in [6.07, 6.45) is 13.0. The van der Waals surface area contributed by atoms with Crippen LogP contribution in [0, 0.1) is 23.0 Å². The van der Waals surface area contributed by atoms with Gasteiger partial charge in [-0.15, -0.1) is 0 Å². The summed E-state index contributed by atoms with van der Waals surface area (Å²) in [6.45, 7) is 2.25. The minimum atomic E-state index is -1.07. The molecule has 0 atom stereocenters. The minimum absolute atomic E-state index is 0.255. The summed E-state index contributed by atoms with van der Waals surface area (Å²) in [5.41, 5.74) is 2.87. The van der Waals surface area contributed by atoms with Crippen molar-refractivity contribution in [3.8, 4) is 22.9 Å². The lowest BCUT2D eigenvalue weighted by Crippen LogP contribution is -2.09. The molecular weight excluding hydrogens is 456 g/mol. The van der Waals surface area contributed by atoms with E-state index in [1.165, 1.54) is 69.4 Å². The van der Waals surface area contributed by atoms with Crippen LogP contribution in [-0.4, -0.2) is 5.97 Å². The molecule has 0 amide bonds. The number of nitriles is 1. The van der Waals surface area contributed by atoms with Crippen LogP contribution in [-0.2, 0) is 6.42 Å². The number of carbonyl (C=O) groups excluding carboxylic acids is 1. The SMILES string of the molecule is CCCCCCCCCCCc1ccc(-c2ccc(C(=O)Oc3cc(F)c(C#N)c(F)c3)cc2)cc1. The third-order valence-electron chi connectivity index (χ3n) is 6.31. The van der Waals surface area contributed by atoms with Crippen LogP contribution in [0.5, 0.6) is 5.75 Å². The maximum Gasteiger partial charge on any atom is 0.343 e.